The van der Waals surface area contributed by atoms with E-state index in [4.69, 9.17) is 0 Å². The average Bonchev–Trinajstić information content (AvgIpc) is 3.16. The van der Waals surface area contributed by atoms with Gasteiger partial charge < -0.3 is 16.0 Å². The third kappa shape index (κ3) is 3.14. The summed E-state index contributed by atoms with van der Waals surface area (Å²) in [6.07, 6.45) is 4.38. The Morgan fingerprint density at radius 1 is 1.10 bits per heavy atom. The van der Waals surface area contributed by atoms with Crippen LogP contribution in [0.15, 0.2) is 18.3 Å². The first-order valence-corrected chi connectivity index (χ1v) is 7.01. The Morgan fingerprint density at radius 3 is 2.50 bits per heavy atom. The van der Waals surface area contributed by atoms with Gasteiger partial charge in [0.1, 0.15) is 5.82 Å². The van der Waals surface area contributed by atoms with Crippen LogP contribution in [-0.2, 0) is 9.59 Å². The molecule has 1 aromatic rings. The molecule has 1 aliphatic carbocycles. The second-order valence-electron chi connectivity index (χ2n) is 5.37. The molecule has 0 spiro atoms. The molecule has 1 atom stereocenters. The van der Waals surface area contributed by atoms with Crippen LogP contribution in [0.5, 0.6) is 0 Å². The average molecular weight is 274 g/mol. The number of carbonyl (C=O) groups is 2. The molecule has 2 fully saturated rings. The molecule has 1 aromatic heterocycles. The Balaban J connectivity index is 1.55. The van der Waals surface area contributed by atoms with Gasteiger partial charge in [0, 0.05) is 12.5 Å². The molecule has 106 valence electrons. The molecule has 3 rings (SSSR count). The van der Waals surface area contributed by atoms with E-state index >= 15 is 0 Å². The molecule has 6 nitrogen and oxygen atoms in total. The molecule has 1 aliphatic heterocycles. The standard InChI is InChI=1S/C14H18N4O2/c19-13(9-1-2-9)18-12-4-3-11(8-16-12)17-14(20)10-5-6-15-7-10/h3-4,8-10,15H,1-2,5-7H2,(H,17,20)(H,16,18,19). The van der Waals surface area contributed by atoms with E-state index in [9.17, 15) is 9.59 Å². The van der Waals surface area contributed by atoms with Gasteiger partial charge >= 0.3 is 0 Å². The van der Waals surface area contributed by atoms with Gasteiger partial charge in [-0.2, -0.15) is 0 Å². The summed E-state index contributed by atoms with van der Waals surface area (Å²) in [4.78, 5) is 27.7. The first kappa shape index (κ1) is 13.1. The van der Waals surface area contributed by atoms with Crippen molar-refractivity contribution in [3.8, 4) is 0 Å². The molecule has 3 N–H and O–H groups in total. The molecule has 0 aromatic carbocycles. The molecule has 20 heavy (non-hydrogen) atoms. The van der Waals surface area contributed by atoms with Crippen LogP contribution in [0.3, 0.4) is 0 Å². The van der Waals surface area contributed by atoms with Gasteiger partial charge in [0.25, 0.3) is 0 Å². The highest BCUT2D eigenvalue weighted by atomic mass is 16.2. The number of hydrogen-bond acceptors (Lipinski definition) is 4. The maximum Gasteiger partial charge on any atom is 0.228 e. The molecule has 1 unspecified atom stereocenters. The summed E-state index contributed by atoms with van der Waals surface area (Å²) < 4.78 is 0. The van der Waals surface area contributed by atoms with Crippen molar-refractivity contribution in [1.29, 1.82) is 0 Å². The van der Waals surface area contributed by atoms with E-state index in [1.54, 1.807) is 18.3 Å². The number of carbonyl (C=O) groups excluding carboxylic acids is 2. The molecular formula is C14H18N4O2. The molecule has 0 radical (unpaired) electrons. The molecule has 1 saturated carbocycles. The Morgan fingerprint density at radius 2 is 1.90 bits per heavy atom. The summed E-state index contributed by atoms with van der Waals surface area (Å²) in [6, 6.07) is 3.47. The summed E-state index contributed by atoms with van der Waals surface area (Å²) >= 11 is 0. The quantitative estimate of drug-likeness (QED) is 0.764. The lowest BCUT2D eigenvalue weighted by Crippen LogP contribution is -2.24. The van der Waals surface area contributed by atoms with Gasteiger partial charge in [-0.1, -0.05) is 0 Å². The van der Waals surface area contributed by atoms with Crippen molar-refractivity contribution in [2.75, 3.05) is 23.7 Å². The summed E-state index contributed by atoms with van der Waals surface area (Å²) in [5.74, 6) is 0.774. The van der Waals surface area contributed by atoms with Crippen molar-refractivity contribution in [3.63, 3.8) is 0 Å². The van der Waals surface area contributed by atoms with Gasteiger partial charge in [-0.15, -0.1) is 0 Å². The lowest BCUT2D eigenvalue weighted by molar-refractivity contribution is -0.119. The molecule has 2 heterocycles. The smallest absolute Gasteiger partial charge is 0.228 e. The van der Waals surface area contributed by atoms with Crippen LogP contribution in [0, 0.1) is 11.8 Å². The van der Waals surface area contributed by atoms with Crippen LogP contribution in [0.1, 0.15) is 19.3 Å². The van der Waals surface area contributed by atoms with Crippen LogP contribution in [-0.4, -0.2) is 29.9 Å². The number of nitrogens with zero attached hydrogens (tertiary/aromatic N) is 1. The minimum atomic E-state index is 0.0200. The maximum absolute atomic E-state index is 11.9. The molecule has 2 aliphatic rings. The monoisotopic (exact) mass is 274 g/mol. The second-order valence-corrected chi connectivity index (χ2v) is 5.37. The topological polar surface area (TPSA) is 83.1 Å². The Kier molecular flexibility index (Phi) is 3.64. The van der Waals surface area contributed by atoms with Crippen molar-refractivity contribution in [2.45, 2.75) is 19.3 Å². The predicted molar refractivity (Wildman–Crippen MR) is 75.2 cm³/mol. The van der Waals surface area contributed by atoms with E-state index in [1.165, 1.54) is 0 Å². The number of amides is 2. The molecule has 6 heteroatoms. The van der Waals surface area contributed by atoms with Crippen LogP contribution in [0.25, 0.3) is 0 Å². The fourth-order valence-corrected chi connectivity index (χ4v) is 2.24. The van der Waals surface area contributed by atoms with Crippen LogP contribution in [0.4, 0.5) is 11.5 Å². The van der Waals surface area contributed by atoms with E-state index in [1.807, 2.05) is 0 Å². The van der Waals surface area contributed by atoms with Crippen LogP contribution in [0.2, 0.25) is 0 Å². The maximum atomic E-state index is 11.9. The van der Waals surface area contributed by atoms with Gasteiger partial charge in [-0.3, -0.25) is 9.59 Å². The van der Waals surface area contributed by atoms with Crippen LogP contribution < -0.4 is 16.0 Å². The summed E-state index contributed by atoms with van der Waals surface area (Å²) in [7, 11) is 0. The van der Waals surface area contributed by atoms with E-state index in [0.29, 0.717) is 11.5 Å². The molecule has 1 saturated heterocycles. The fraction of sp³-hybridized carbons (Fsp3) is 0.500. The molecular weight excluding hydrogens is 256 g/mol. The predicted octanol–water partition coefficient (Wildman–Crippen LogP) is 0.978. The zero-order valence-corrected chi connectivity index (χ0v) is 11.2. The number of nitrogens with one attached hydrogen (secondary N) is 3. The van der Waals surface area contributed by atoms with Gasteiger partial charge in [0.15, 0.2) is 0 Å². The van der Waals surface area contributed by atoms with Gasteiger partial charge in [-0.05, 0) is 37.9 Å². The van der Waals surface area contributed by atoms with E-state index < -0.39 is 0 Å². The van der Waals surface area contributed by atoms with Gasteiger partial charge in [-0.25, -0.2) is 4.98 Å². The van der Waals surface area contributed by atoms with Crippen molar-refractivity contribution in [2.24, 2.45) is 11.8 Å². The van der Waals surface area contributed by atoms with Crippen molar-refractivity contribution < 1.29 is 9.59 Å². The first-order chi connectivity index (χ1) is 9.72. The number of anilines is 2. The number of aromatic nitrogens is 1. The van der Waals surface area contributed by atoms with E-state index in [2.05, 4.69) is 20.9 Å². The zero-order chi connectivity index (χ0) is 13.9. The minimum absolute atomic E-state index is 0.0200. The largest absolute Gasteiger partial charge is 0.324 e. The third-order valence-corrected chi connectivity index (χ3v) is 3.66. The lowest BCUT2D eigenvalue weighted by Gasteiger charge is -2.10. The van der Waals surface area contributed by atoms with Crippen molar-refractivity contribution >= 4 is 23.3 Å². The number of hydrogen-bond donors (Lipinski definition) is 3. The number of pyridine rings is 1. The van der Waals surface area contributed by atoms with Crippen molar-refractivity contribution in [3.05, 3.63) is 18.3 Å². The fourth-order valence-electron chi connectivity index (χ4n) is 2.24. The molecule has 2 amide bonds. The zero-order valence-electron chi connectivity index (χ0n) is 11.2. The highest BCUT2D eigenvalue weighted by Gasteiger charge is 2.29. The normalized spacial score (nSPS) is 21.5. The Labute approximate surface area is 117 Å². The minimum Gasteiger partial charge on any atom is -0.324 e. The SMILES string of the molecule is O=C(Nc1ccc(NC(=O)C2CC2)nc1)C1CCNC1. The summed E-state index contributed by atoms with van der Waals surface area (Å²) in [5, 5.41) is 8.77. The summed E-state index contributed by atoms with van der Waals surface area (Å²) in [5.41, 5.74) is 0.659. The highest BCUT2D eigenvalue weighted by molar-refractivity contribution is 5.94. The second kappa shape index (κ2) is 5.58. The highest BCUT2D eigenvalue weighted by Crippen LogP contribution is 2.29. The molecule has 0 bridgehead atoms. The Bertz CT molecular complexity index is 504. The van der Waals surface area contributed by atoms with Gasteiger partial charge in [0.2, 0.25) is 11.8 Å². The van der Waals surface area contributed by atoms with E-state index in [-0.39, 0.29) is 23.7 Å². The Hall–Kier alpha value is -1.95. The lowest BCUT2D eigenvalue weighted by atomic mass is 10.1. The third-order valence-electron chi connectivity index (χ3n) is 3.66. The van der Waals surface area contributed by atoms with Gasteiger partial charge in [0.05, 0.1) is 17.8 Å². The first-order valence-electron chi connectivity index (χ1n) is 7.01. The van der Waals surface area contributed by atoms with Crippen LogP contribution >= 0.6 is 0 Å². The number of rotatable bonds is 4. The summed E-state index contributed by atoms with van der Waals surface area (Å²) in [6.45, 7) is 1.62. The van der Waals surface area contributed by atoms with E-state index in [0.717, 1.165) is 32.4 Å². The van der Waals surface area contributed by atoms with Crippen molar-refractivity contribution in [1.82, 2.24) is 10.3 Å².